The van der Waals surface area contributed by atoms with Crippen LogP contribution in [0.5, 0.6) is 0 Å². The molecule has 0 saturated heterocycles. The van der Waals surface area contributed by atoms with Crippen LogP contribution in [0.25, 0.3) is 0 Å². The van der Waals surface area contributed by atoms with E-state index in [1.165, 1.54) is 24.3 Å². The number of nitrogens with zero attached hydrogens (tertiary/aromatic N) is 3. The number of hydrazine groups is 1. The van der Waals surface area contributed by atoms with Crippen LogP contribution in [0, 0.1) is 10.1 Å². The van der Waals surface area contributed by atoms with Gasteiger partial charge >= 0.3 is 0 Å². The molecule has 0 saturated carbocycles. The Morgan fingerprint density at radius 2 is 1.40 bits per heavy atom. The molecule has 0 radical (unpaired) electrons. The first-order valence-electron chi connectivity index (χ1n) is 9.59. The molecule has 0 N–H and O–H groups in total. The van der Waals surface area contributed by atoms with Crippen molar-refractivity contribution in [3.63, 3.8) is 0 Å². The highest BCUT2D eigenvalue weighted by atomic mass is 79.9. The average molecular weight is 751 g/mol. The molecule has 35 heavy (non-hydrogen) atoms. The molecule has 0 fully saturated rings. The number of carbonyl (C=O) groups is 3. The summed E-state index contributed by atoms with van der Waals surface area (Å²) in [7, 11) is 0. The summed E-state index contributed by atoms with van der Waals surface area (Å²) in [6, 6.07) is 11.8. The zero-order valence-corrected chi connectivity index (χ0v) is 24.2. The van der Waals surface area contributed by atoms with Crippen molar-refractivity contribution >= 4 is 98.7 Å². The Bertz CT molecular complexity index is 1380. The van der Waals surface area contributed by atoms with E-state index in [1.807, 2.05) is 0 Å². The van der Waals surface area contributed by atoms with Crippen molar-refractivity contribution in [3.8, 4) is 0 Å². The van der Waals surface area contributed by atoms with Gasteiger partial charge in [-0.2, -0.15) is 5.01 Å². The first kappa shape index (κ1) is 26.0. The fourth-order valence-electron chi connectivity index (χ4n) is 3.51. The quantitative estimate of drug-likeness (QED) is 0.0907. The minimum atomic E-state index is -0.896. The summed E-state index contributed by atoms with van der Waals surface area (Å²) in [4.78, 5) is 51.7. The Hall–Kier alpha value is -2.12. The second-order valence-electron chi connectivity index (χ2n) is 7.19. The highest BCUT2D eigenvalue weighted by Gasteiger charge is 2.46. The van der Waals surface area contributed by atoms with Crippen LogP contribution >= 0.6 is 75.3 Å². The Morgan fingerprint density at radius 3 is 1.91 bits per heavy atom. The molecule has 1 heterocycles. The third kappa shape index (κ3) is 4.57. The van der Waals surface area contributed by atoms with Crippen LogP contribution in [0.1, 0.15) is 36.6 Å². The lowest BCUT2D eigenvalue weighted by Gasteiger charge is -2.30. The zero-order chi connectivity index (χ0) is 25.6. The number of benzene rings is 3. The highest BCUT2D eigenvalue weighted by Crippen LogP contribution is 2.45. The monoisotopic (exact) mass is 747 g/mol. The first-order chi connectivity index (χ1) is 16.5. The summed E-state index contributed by atoms with van der Waals surface area (Å²) in [5.41, 5.74) is -0.119. The molecule has 0 atom stereocenters. The van der Waals surface area contributed by atoms with Crippen molar-refractivity contribution in [2.45, 2.75) is 6.54 Å². The van der Waals surface area contributed by atoms with Crippen LogP contribution in [0.4, 0.5) is 5.69 Å². The molecule has 0 unspecified atom stereocenters. The van der Waals surface area contributed by atoms with Gasteiger partial charge in [0.05, 0.1) is 22.6 Å². The molecule has 3 amide bonds. The van der Waals surface area contributed by atoms with Gasteiger partial charge < -0.3 is 0 Å². The van der Waals surface area contributed by atoms with Gasteiger partial charge in [0.2, 0.25) is 0 Å². The number of nitro benzene ring substituents is 1. The number of fused-ring (bicyclic) bond motifs is 1. The fraction of sp³-hybridized carbons (Fsp3) is 0.0455. The van der Waals surface area contributed by atoms with E-state index in [1.54, 1.807) is 24.3 Å². The zero-order valence-electron chi connectivity index (χ0n) is 17.1. The standard InChI is InChI=1S/C22H10Br4ClN3O5/c23-16-14-15(17(24)19(26)18(16)25)22(33)29(21(14)32)28(9-10-5-7-11(27)8-6-10)20(31)12-3-1-2-4-13(12)30(34)35/h1-8H,9H2. The number of rotatable bonds is 5. The molecule has 0 spiro atoms. The maximum Gasteiger partial charge on any atom is 0.282 e. The minimum Gasteiger partial charge on any atom is -0.267 e. The van der Waals surface area contributed by atoms with Crippen molar-refractivity contribution in [2.24, 2.45) is 0 Å². The first-order valence-corrected chi connectivity index (χ1v) is 13.1. The van der Waals surface area contributed by atoms with Gasteiger partial charge in [0.25, 0.3) is 23.4 Å². The molecule has 1 aliphatic heterocycles. The predicted molar refractivity (Wildman–Crippen MR) is 142 cm³/mol. The van der Waals surface area contributed by atoms with Crippen LogP contribution in [-0.4, -0.2) is 32.7 Å². The van der Waals surface area contributed by atoms with Crippen LogP contribution in [0.2, 0.25) is 5.02 Å². The number of para-hydroxylation sites is 1. The van der Waals surface area contributed by atoms with Crippen molar-refractivity contribution < 1.29 is 19.3 Å². The highest BCUT2D eigenvalue weighted by molar-refractivity contribution is 9.15. The SMILES string of the molecule is O=C(c1ccccc1[N+](=O)[O-])N(Cc1ccc(Cl)cc1)N1C(=O)c2c(Br)c(Br)c(Br)c(Br)c2C1=O. The van der Waals surface area contributed by atoms with Crippen molar-refractivity contribution in [3.05, 3.63) is 104 Å². The maximum absolute atomic E-state index is 13.7. The summed E-state index contributed by atoms with van der Waals surface area (Å²) in [6.07, 6.45) is 0. The van der Waals surface area contributed by atoms with E-state index in [4.69, 9.17) is 11.6 Å². The summed E-state index contributed by atoms with van der Waals surface area (Å²) in [6.45, 7) is -0.231. The summed E-state index contributed by atoms with van der Waals surface area (Å²) in [5, 5.41) is 13.6. The third-order valence-corrected chi connectivity index (χ3v) is 10.2. The molecule has 4 rings (SSSR count). The lowest BCUT2D eigenvalue weighted by atomic mass is 10.1. The van der Waals surface area contributed by atoms with Gasteiger partial charge in [0.15, 0.2) is 0 Å². The van der Waals surface area contributed by atoms with Crippen LogP contribution in [0.15, 0.2) is 66.4 Å². The van der Waals surface area contributed by atoms with E-state index in [-0.39, 0.29) is 23.2 Å². The normalized spacial score (nSPS) is 12.7. The van der Waals surface area contributed by atoms with Crippen LogP contribution in [0.3, 0.4) is 0 Å². The van der Waals surface area contributed by atoms with E-state index < -0.39 is 28.3 Å². The number of imide groups is 1. The average Bonchev–Trinajstić information content (AvgIpc) is 3.10. The molecule has 3 aromatic rings. The molecule has 1 aliphatic rings. The number of halogens is 5. The Kier molecular flexibility index (Phi) is 7.49. The third-order valence-electron chi connectivity index (χ3n) is 5.13. The molecule has 13 heteroatoms. The molecular formula is C22H10Br4ClN3O5. The number of carbonyl (C=O) groups excluding carboxylic acids is 3. The van der Waals surface area contributed by atoms with Gasteiger partial charge in [-0.1, -0.05) is 35.9 Å². The molecular weight excluding hydrogens is 741 g/mol. The van der Waals surface area contributed by atoms with Gasteiger partial charge in [-0.05, 0) is 87.5 Å². The second kappa shape index (κ2) is 10.1. The maximum atomic E-state index is 13.7. The Balaban J connectivity index is 1.88. The van der Waals surface area contributed by atoms with Crippen molar-refractivity contribution in [1.82, 2.24) is 10.0 Å². The van der Waals surface area contributed by atoms with Crippen LogP contribution < -0.4 is 0 Å². The van der Waals surface area contributed by atoms with Crippen molar-refractivity contribution in [1.29, 1.82) is 0 Å². The van der Waals surface area contributed by atoms with Crippen molar-refractivity contribution in [2.75, 3.05) is 0 Å². The van der Waals surface area contributed by atoms with E-state index in [9.17, 15) is 24.5 Å². The summed E-state index contributed by atoms with van der Waals surface area (Å²) < 4.78 is 1.60. The van der Waals surface area contributed by atoms with E-state index in [0.717, 1.165) is 5.01 Å². The number of hydrogen-bond donors (Lipinski definition) is 0. The fourth-order valence-corrected chi connectivity index (χ4v) is 6.09. The lowest BCUT2D eigenvalue weighted by Crippen LogP contribution is -2.49. The van der Waals surface area contributed by atoms with Gasteiger partial charge in [-0.25, -0.2) is 5.01 Å². The topological polar surface area (TPSA) is 101 Å². The van der Waals surface area contributed by atoms with Gasteiger partial charge in [0.1, 0.15) is 5.56 Å². The van der Waals surface area contributed by atoms with Gasteiger partial charge in [-0.3, -0.25) is 24.5 Å². The largest absolute Gasteiger partial charge is 0.282 e. The van der Waals surface area contributed by atoms with Crippen LogP contribution in [-0.2, 0) is 6.54 Å². The second-order valence-corrected chi connectivity index (χ2v) is 10.8. The van der Waals surface area contributed by atoms with Gasteiger partial charge in [0, 0.05) is 29.0 Å². The molecule has 8 nitrogen and oxygen atoms in total. The molecule has 0 bridgehead atoms. The van der Waals surface area contributed by atoms with Gasteiger partial charge in [-0.15, -0.1) is 0 Å². The Labute approximate surface area is 236 Å². The summed E-state index contributed by atoms with van der Waals surface area (Å²) in [5.74, 6) is -2.44. The smallest absolute Gasteiger partial charge is 0.267 e. The number of hydrogen-bond acceptors (Lipinski definition) is 5. The number of nitro groups is 1. The molecule has 178 valence electrons. The molecule has 3 aromatic carbocycles. The Morgan fingerprint density at radius 1 is 0.886 bits per heavy atom. The minimum absolute atomic E-state index is 0.0356. The molecule has 0 aliphatic carbocycles. The van der Waals surface area contributed by atoms with E-state index in [2.05, 4.69) is 63.7 Å². The molecule has 0 aromatic heterocycles. The summed E-state index contributed by atoms with van der Waals surface area (Å²) >= 11 is 19.4. The van der Waals surface area contributed by atoms with E-state index >= 15 is 0 Å². The number of amides is 3. The lowest BCUT2D eigenvalue weighted by molar-refractivity contribution is -0.385. The predicted octanol–water partition coefficient (Wildman–Crippen LogP) is 7.15. The van der Waals surface area contributed by atoms with E-state index in [0.29, 0.717) is 33.5 Å².